The van der Waals surface area contributed by atoms with Crippen LogP contribution in [0.3, 0.4) is 0 Å². The average Bonchev–Trinajstić information content (AvgIpc) is 2.19. The highest BCUT2D eigenvalue weighted by Crippen LogP contribution is 2.21. The van der Waals surface area contributed by atoms with Gasteiger partial charge in [-0.25, -0.2) is 0 Å². The summed E-state index contributed by atoms with van der Waals surface area (Å²) in [6, 6.07) is 7.05. The summed E-state index contributed by atoms with van der Waals surface area (Å²) in [7, 11) is 0. The van der Waals surface area contributed by atoms with Crippen molar-refractivity contribution in [2.24, 2.45) is 0 Å². The number of nitrogens with one attached hydrogen (secondary N) is 1. The molecule has 0 spiro atoms. The summed E-state index contributed by atoms with van der Waals surface area (Å²) in [5.41, 5.74) is 6.97. The molecule has 1 aliphatic rings. The molecule has 0 atom stereocenters. The Morgan fingerprint density at radius 1 is 1.38 bits per heavy atom. The van der Waals surface area contributed by atoms with E-state index in [4.69, 9.17) is 10.5 Å². The van der Waals surface area contributed by atoms with E-state index >= 15 is 0 Å². The fourth-order valence-corrected chi connectivity index (χ4v) is 1.49. The molecule has 4 heteroatoms. The minimum atomic E-state index is -0.114. The van der Waals surface area contributed by atoms with Gasteiger partial charge in [0, 0.05) is 11.4 Å². The Morgan fingerprint density at radius 2 is 2.06 bits per heavy atom. The van der Waals surface area contributed by atoms with Crippen LogP contribution in [-0.4, -0.2) is 18.6 Å². The fourth-order valence-electron chi connectivity index (χ4n) is 1.49. The SMILES string of the molecule is Nc1ccc(NC(=O)COC2CCC2)cc1. The van der Waals surface area contributed by atoms with Gasteiger partial charge in [0.15, 0.2) is 0 Å². The minimum absolute atomic E-state index is 0.114. The number of carbonyl (C=O) groups is 1. The molecule has 0 aliphatic heterocycles. The van der Waals surface area contributed by atoms with E-state index in [1.165, 1.54) is 6.42 Å². The molecule has 4 nitrogen and oxygen atoms in total. The lowest BCUT2D eigenvalue weighted by molar-refractivity contribution is -0.124. The first kappa shape index (κ1) is 11.0. The second kappa shape index (κ2) is 4.99. The Hall–Kier alpha value is -1.55. The van der Waals surface area contributed by atoms with Crippen molar-refractivity contribution in [1.29, 1.82) is 0 Å². The second-order valence-corrected chi connectivity index (χ2v) is 4.03. The van der Waals surface area contributed by atoms with E-state index in [0.29, 0.717) is 5.69 Å². The molecular formula is C12H16N2O2. The van der Waals surface area contributed by atoms with E-state index in [0.717, 1.165) is 18.5 Å². The molecule has 0 radical (unpaired) electrons. The first-order valence-corrected chi connectivity index (χ1v) is 5.51. The van der Waals surface area contributed by atoms with Gasteiger partial charge in [0.1, 0.15) is 6.61 Å². The van der Waals surface area contributed by atoms with Crippen molar-refractivity contribution in [3.63, 3.8) is 0 Å². The number of rotatable bonds is 4. The van der Waals surface area contributed by atoms with Crippen molar-refractivity contribution in [3.8, 4) is 0 Å². The van der Waals surface area contributed by atoms with Gasteiger partial charge >= 0.3 is 0 Å². The number of nitrogens with two attached hydrogens (primary N) is 1. The summed E-state index contributed by atoms with van der Waals surface area (Å²) in [6.45, 7) is 0.134. The number of amides is 1. The summed E-state index contributed by atoms with van der Waals surface area (Å²) in [5.74, 6) is -0.114. The number of nitrogen functional groups attached to an aromatic ring is 1. The number of ether oxygens (including phenoxy) is 1. The molecule has 1 aromatic rings. The summed E-state index contributed by atoms with van der Waals surface area (Å²) < 4.78 is 5.40. The van der Waals surface area contributed by atoms with Gasteiger partial charge in [-0.15, -0.1) is 0 Å². The molecule has 1 fully saturated rings. The largest absolute Gasteiger partial charge is 0.399 e. The van der Waals surface area contributed by atoms with Gasteiger partial charge in [-0.2, -0.15) is 0 Å². The van der Waals surface area contributed by atoms with Crippen molar-refractivity contribution in [2.45, 2.75) is 25.4 Å². The highest BCUT2D eigenvalue weighted by molar-refractivity contribution is 5.91. The number of anilines is 2. The molecule has 16 heavy (non-hydrogen) atoms. The van der Waals surface area contributed by atoms with Gasteiger partial charge in [0.05, 0.1) is 6.10 Å². The molecule has 0 saturated heterocycles. The third-order valence-electron chi connectivity index (χ3n) is 2.70. The molecule has 1 aromatic carbocycles. The van der Waals surface area contributed by atoms with Gasteiger partial charge in [0.25, 0.3) is 0 Å². The van der Waals surface area contributed by atoms with Crippen LogP contribution in [0.15, 0.2) is 24.3 Å². The van der Waals surface area contributed by atoms with Gasteiger partial charge in [-0.1, -0.05) is 0 Å². The van der Waals surface area contributed by atoms with Crippen LogP contribution in [0.4, 0.5) is 11.4 Å². The Kier molecular flexibility index (Phi) is 3.41. The highest BCUT2D eigenvalue weighted by atomic mass is 16.5. The molecular weight excluding hydrogens is 204 g/mol. The molecule has 3 N–H and O–H groups in total. The van der Waals surface area contributed by atoms with Crippen molar-refractivity contribution in [2.75, 3.05) is 17.7 Å². The van der Waals surface area contributed by atoms with E-state index in [1.807, 2.05) is 0 Å². The topological polar surface area (TPSA) is 64.3 Å². The molecule has 0 bridgehead atoms. The lowest BCUT2D eigenvalue weighted by atomic mass is 9.96. The van der Waals surface area contributed by atoms with Crippen LogP contribution < -0.4 is 11.1 Å². The van der Waals surface area contributed by atoms with E-state index in [2.05, 4.69) is 5.32 Å². The zero-order valence-corrected chi connectivity index (χ0v) is 9.11. The molecule has 0 heterocycles. The average molecular weight is 220 g/mol. The third-order valence-corrected chi connectivity index (χ3v) is 2.70. The van der Waals surface area contributed by atoms with Crippen LogP contribution in [0.1, 0.15) is 19.3 Å². The van der Waals surface area contributed by atoms with Crippen LogP contribution in [0.25, 0.3) is 0 Å². The molecule has 2 rings (SSSR count). The fraction of sp³-hybridized carbons (Fsp3) is 0.417. The predicted octanol–water partition coefficient (Wildman–Crippen LogP) is 1.78. The van der Waals surface area contributed by atoms with Crippen LogP contribution in [0.2, 0.25) is 0 Å². The lowest BCUT2D eigenvalue weighted by Gasteiger charge is -2.25. The van der Waals surface area contributed by atoms with Gasteiger partial charge in [-0.05, 0) is 43.5 Å². The zero-order valence-electron chi connectivity index (χ0n) is 9.11. The monoisotopic (exact) mass is 220 g/mol. The van der Waals surface area contributed by atoms with Crippen LogP contribution >= 0.6 is 0 Å². The molecule has 0 unspecified atom stereocenters. The van der Waals surface area contributed by atoms with E-state index in [1.54, 1.807) is 24.3 Å². The highest BCUT2D eigenvalue weighted by Gasteiger charge is 2.18. The molecule has 0 aromatic heterocycles. The van der Waals surface area contributed by atoms with Crippen LogP contribution in [-0.2, 0) is 9.53 Å². The normalized spacial score (nSPS) is 15.5. The van der Waals surface area contributed by atoms with Crippen molar-refractivity contribution in [3.05, 3.63) is 24.3 Å². The third kappa shape index (κ3) is 2.97. The molecule has 1 saturated carbocycles. The van der Waals surface area contributed by atoms with Gasteiger partial charge in [-0.3, -0.25) is 4.79 Å². The van der Waals surface area contributed by atoms with Crippen LogP contribution in [0.5, 0.6) is 0 Å². The first-order chi connectivity index (χ1) is 7.74. The maximum atomic E-state index is 11.5. The minimum Gasteiger partial charge on any atom is -0.399 e. The smallest absolute Gasteiger partial charge is 0.250 e. The standard InChI is InChI=1S/C12H16N2O2/c13-9-4-6-10(7-5-9)14-12(15)8-16-11-2-1-3-11/h4-7,11H,1-3,8,13H2,(H,14,15). The maximum Gasteiger partial charge on any atom is 0.250 e. The van der Waals surface area contributed by atoms with E-state index in [-0.39, 0.29) is 18.6 Å². The van der Waals surface area contributed by atoms with E-state index in [9.17, 15) is 4.79 Å². The Bertz CT molecular complexity index is 358. The van der Waals surface area contributed by atoms with Crippen LogP contribution in [0, 0.1) is 0 Å². The maximum absolute atomic E-state index is 11.5. The van der Waals surface area contributed by atoms with Gasteiger partial charge < -0.3 is 15.8 Å². The Balaban J connectivity index is 1.75. The first-order valence-electron chi connectivity index (χ1n) is 5.51. The lowest BCUT2D eigenvalue weighted by Crippen LogP contribution is -2.27. The van der Waals surface area contributed by atoms with Crippen molar-refractivity contribution >= 4 is 17.3 Å². The van der Waals surface area contributed by atoms with E-state index < -0.39 is 0 Å². The summed E-state index contributed by atoms with van der Waals surface area (Å²) in [5, 5.41) is 2.75. The number of benzene rings is 1. The summed E-state index contributed by atoms with van der Waals surface area (Å²) in [4.78, 5) is 11.5. The second-order valence-electron chi connectivity index (χ2n) is 4.03. The van der Waals surface area contributed by atoms with Gasteiger partial charge in [0.2, 0.25) is 5.91 Å². The number of hydrogen-bond donors (Lipinski definition) is 2. The quantitative estimate of drug-likeness (QED) is 0.760. The molecule has 1 aliphatic carbocycles. The number of carbonyl (C=O) groups excluding carboxylic acids is 1. The number of hydrogen-bond acceptors (Lipinski definition) is 3. The summed E-state index contributed by atoms with van der Waals surface area (Å²) >= 11 is 0. The Labute approximate surface area is 94.8 Å². The molecule has 86 valence electrons. The molecule has 1 amide bonds. The predicted molar refractivity (Wildman–Crippen MR) is 63.1 cm³/mol. The summed E-state index contributed by atoms with van der Waals surface area (Å²) in [6.07, 6.45) is 3.66. The Morgan fingerprint density at radius 3 is 2.62 bits per heavy atom. The zero-order chi connectivity index (χ0) is 11.4. The van der Waals surface area contributed by atoms with Crippen molar-refractivity contribution < 1.29 is 9.53 Å². The van der Waals surface area contributed by atoms with Crippen molar-refractivity contribution in [1.82, 2.24) is 0 Å².